The van der Waals surface area contributed by atoms with Crippen LogP contribution in [-0.2, 0) is 9.59 Å². The van der Waals surface area contributed by atoms with Gasteiger partial charge in [0.1, 0.15) is 11.8 Å². The molecule has 0 radical (unpaired) electrons. The molecular formula is C15H19NO4. The number of hydrogen-bond acceptors (Lipinski definition) is 3. The van der Waals surface area contributed by atoms with Crippen molar-refractivity contribution in [3.05, 3.63) is 29.8 Å². The first-order valence-electron chi connectivity index (χ1n) is 6.71. The van der Waals surface area contributed by atoms with Crippen LogP contribution in [0.2, 0.25) is 0 Å². The van der Waals surface area contributed by atoms with Crippen molar-refractivity contribution in [1.82, 2.24) is 4.90 Å². The van der Waals surface area contributed by atoms with Crippen LogP contribution in [0.25, 0.3) is 0 Å². The zero-order valence-electron chi connectivity index (χ0n) is 11.7. The molecule has 2 atom stereocenters. The largest absolute Gasteiger partial charge is 0.493 e. The second kappa shape index (κ2) is 5.94. The maximum absolute atomic E-state index is 12.2. The number of rotatable bonds is 4. The van der Waals surface area contributed by atoms with Gasteiger partial charge in [0, 0.05) is 13.5 Å². The molecule has 5 heteroatoms. The number of hydrogen-bond donors (Lipinski definition) is 1. The predicted molar refractivity (Wildman–Crippen MR) is 73.8 cm³/mol. The van der Waals surface area contributed by atoms with Crippen LogP contribution < -0.4 is 4.74 Å². The fraction of sp³-hybridized carbons (Fsp3) is 0.467. The van der Waals surface area contributed by atoms with Gasteiger partial charge in [-0.2, -0.15) is 0 Å². The van der Waals surface area contributed by atoms with Gasteiger partial charge in [0.05, 0.1) is 6.61 Å². The second-order valence-corrected chi connectivity index (χ2v) is 5.09. The Balaban J connectivity index is 2.08. The molecule has 0 aliphatic carbocycles. The van der Waals surface area contributed by atoms with Gasteiger partial charge in [-0.3, -0.25) is 4.79 Å². The minimum absolute atomic E-state index is 0.0934. The normalized spacial score (nSPS) is 18.6. The molecule has 0 saturated carbocycles. The molecule has 2 rings (SSSR count). The fourth-order valence-electron chi connectivity index (χ4n) is 2.36. The number of fused-ring (bicyclic) bond motifs is 1. The van der Waals surface area contributed by atoms with Crippen molar-refractivity contribution in [3.8, 4) is 5.75 Å². The number of carboxylic acids is 1. The van der Waals surface area contributed by atoms with E-state index >= 15 is 0 Å². The summed E-state index contributed by atoms with van der Waals surface area (Å²) in [4.78, 5) is 24.4. The van der Waals surface area contributed by atoms with Crippen molar-refractivity contribution in [3.63, 3.8) is 0 Å². The average Bonchev–Trinajstić information content (AvgIpc) is 2.46. The lowest BCUT2D eigenvalue weighted by molar-refractivity contribution is -0.148. The molecule has 20 heavy (non-hydrogen) atoms. The van der Waals surface area contributed by atoms with Crippen molar-refractivity contribution in [2.75, 3.05) is 13.7 Å². The zero-order chi connectivity index (χ0) is 14.7. The number of carboxylic acid groups (broad SMARTS) is 1. The maximum atomic E-state index is 12.2. The topological polar surface area (TPSA) is 66.8 Å². The summed E-state index contributed by atoms with van der Waals surface area (Å²) in [6, 6.07) is 6.89. The van der Waals surface area contributed by atoms with Crippen molar-refractivity contribution >= 4 is 11.9 Å². The number of benzene rings is 1. The SMILES string of the molecule is C[C@@H](C(=O)O)N(C)C(=O)C[C@H]1CCOc2ccccc21. The molecule has 1 aromatic rings. The van der Waals surface area contributed by atoms with Crippen LogP contribution in [-0.4, -0.2) is 41.6 Å². The molecule has 1 amide bonds. The van der Waals surface area contributed by atoms with Crippen molar-refractivity contribution in [2.45, 2.75) is 31.7 Å². The van der Waals surface area contributed by atoms with E-state index in [2.05, 4.69) is 0 Å². The van der Waals surface area contributed by atoms with Gasteiger partial charge in [-0.25, -0.2) is 4.79 Å². The second-order valence-electron chi connectivity index (χ2n) is 5.09. The summed E-state index contributed by atoms with van der Waals surface area (Å²) in [7, 11) is 1.53. The summed E-state index contributed by atoms with van der Waals surface area (Å²) in [5, 5.41) is 8.95. The summed E-state index contributed by atoms with van der Waals surface area (Å²) in [6.07, 6.45) is 1.09. The molecule has 1 heterocycles. The molecule has 1 aromatic carbocycles. The van der Waals surface area contributed by atoms with Crippen LogP contribution in [0.1, 0.15) is 31.2 Å². The van der Waals surface area contributed by atoms with Crippen molar-refractivity contribution in [2.24, 2.45) is 0 Å². The van der Waals surface area contributed by atoms with E-state index in [9.17, 15) is 9.59 Å². The summed E-state index contributed by atoms with van der Waals surface area (Å²) in [5.41, 5.74) is 1.03. The number of ether oxygens (including phenoxy) is 1. The number of nitrogens with zero attached hydrogens (tertiary/aromatic N) is 1. The molecule has 0 spiro atoms. The van der Waals surface area contributed by atoms with Crippen molar-refractivity contribution in [1.29, 1.82) is 0 Å². The fourth-order valence-corrected chi connectivity index (χ4v) is 2.36. The van der Waals surface area contributed by atoms with Gasteiger partial charge in [-0.1, -0.05) is 18.2 Å². The first-order chi connectivity index (χ1) is 9.50. The third kappa shape index (κ3) is 2.92. The highest BCUT2D eigenvalue weighted by Crippen LogP contribution is 2.35. The zero-order valence-corrected chi connectivity index (χ0v) is 11.7. The molecule has 0 saturated heterocycles. The average molecular weight is 277 g/mol. The third-order valence-corrected chi connectivity index (χ3v) is 3.84. The Hall–Kier alpha value is -2.04. The lowest BCUT2D eigenvalue weighted by atomic mass is 9.90. The number of aliphatic carboxylic acids is 1. The Bertz CT molecular complexity index is 514. The summed E-state index contributed by atoms with van der Waals surface area (Å²) < 4.78 is 5.56. The summed E-state index contributed by atoms with van der Waals surface area (Å²) in [6.45, 7) is 2.10. The number of para-hydroxylation sites is 1. The Morgan fingerprint density at radius 2 is 2.15 bits per heavy atom. The Morgan fingerprint density at radius 1 is 1.45 bits per heavy atom. The third-order valence-electron chi connectivity index (χ3n) is 3.84. The molecule has 1 aliphatic rings. The van der Waals surface area contributed by atoms with E-state index in [0.29, 0.717) is 13.0 Å². The van der Waals surface area contributed by atoms with Crippen molar-refractivity contribution < 1.29 is 19.4 Å². The summed E-state index contributed by atoms with van der Waals surface area (Å²) in [5.74, 6) is -0.226. The smallest absolute Gasteiger partial charge is 0.326 e. The van der Waals surface area contributed by atoms with E-state index in [4.69, 9.17) is 9.84 Å². The molecule has 1 N–H and O–H groups in total. The van der Waals surface area contributed by atoms with E-state index in [0.717, 1.165) is 17.7 Å². The van der Waals surface area contributed by atoms with Crippen LogP contribution >= 0.6 is 0 Å². The molecule has 5 nitrogen and oxygen atoms in total. The van der Waals surface area contributed by atoms with Crippen LogP contribution in [0.3, 0.4) is 0 Å². The first-order valence-corrected chi connectivity index (χ1v) is 6.71. The minimum Gasteiger partial charge on any atom is -0.493 e. The Morgan fingerprint density at radius 3 is 2.85 bits per heavy atom. The van der Waals surface area contributed by atoms with Gasteiger partial charge in [-0.05, 0) is 30.9 Å². The Kier molecular flexibility index (Phi) is 4.27. The van der Waals surface area contributed by atoms with Gasteiger partial charge in [0.25, 0.3) is 0 Å². The predicted octanol–water partition coefficient (Wildman–Crippen LogP) is 1.87. The first kappa shape index (κ1) is 14.4. The number of carbonyl (C=O) groups excluding carboxylic acids is 1. The van der Waals surface area contributed by atoms with E-state index in [1.807, 2.05) is 24.3 Å². The molecule has 0 bridgehead atoms. The molecule has 1 aliphatic heterocycles. The summed E-state index contributed by atoms with van der Waals surface area (Å²) >= 11 is 0. The van der Waals surface area contributed by atoms with Gasteiger partial charge in [0.15, 0.2) is 0 Å². The Labute approximate surface area is 118 Å². The standard InChI is InChI=1S/C15H19NO4/c1-10(15(18)19)16(2)14(17)9-11-7-8-20-13-6-4-3-5-12(11)13/h3-6,10-11H,7-9H2,1-2H3,(H,18,19)/t10-,11+/m0/s1. The van der Waals surface area contributed by atoms with Gasteiger partial charge in [-0.15, -0.1) is 0 Å². The molecule has 0 aromatic heterocycles. The number of carbonyl (C=O) groups is 2. The molecule has 108 valence electrons. The highest BCUT2D eigenvalue weighted by atomic mass is 16.5. The van der Waals surface area contributed by atoms with E-state index < -0.39 is 12.0 Å². The van der Waals surface area contributed by atoms with Gasteiger partial charge < -0.3 is 14.7 Å². The van der Waals surface area contributed by atoms with Gasteiger partial charge in [0.2, 0.25) is 5.91 Å². The molecule has 0 unspecified atom stereocenters. The number of amides is 1. The van der Waals surface area contributed by atoms with Gasteiger partial charge >= 0.3 is 5.97 Å². The number of likely N-dealkylation sites (N-methyl/N-ethyl adjacent to an activating group) is 1. The lowest BCUT2D eigenvalue weighted by Crippen LogP contribution is -2.40. The van der Waals surface area contributed by atoms with E-state index in [1.54, 1.807) is 0 Å². The quantitative estimate of drug-likeness (QED) is 0.912. The monoisotopic (exact) mass is 277 g/mol. The van der Waals surface area contributed by atoms with Crippen LogP contribution in [0.4, 0.5) is 0 Å². The van der Waals surface area contributed by atoms with Crippen LogP contribution in [0.15, 0.2) is 24.3 Å². The van der Waals surface area contributed by atoms with E-state index in [1.165, 1.54) is 18.9 Å². The maximum Gasteiger partial charge on any atom is 0.326 e. The molecular weight excluding hydrogens is 258 g/mol. The van der Waals surface area contributed by atoms with Crippen LogP contribution in [0.5, 0.6) is 5.75 Å². The van der Waals surface area contributed by atoms with E-state index in [-0.39, 0.29) is 11.8 Å². The highest BCUT2D eigenvalue weighted by molar-refractivity contribution is 5.83. The highest BCUT2D eigenvalue weighted by Gasteiger charge is 2.27. The van der Waals surface area contributed by atoms with Crippen LogP contribution in [0, 0.1) is 0 Å². The minimum atomic E-state index is -0.992. The lowest BCUT2D eigenvalue weighted by Gasteiger charge is -2.28. The molecule has 0 fully saturated rings.